The lowest BCUT2D eigenvalue weighted by Gasteiger charge is -2.18. The zero-order valence-corrected chi connectivity index (χ0v) is 21.6. The van der Waals surface area contributed by atoms with Gasteiger partial charge in [0.25, 0.3) is 0 Å². The smallest absolute Gasteiger partial charge is 0.417 e. The van der Waals surface area contributed by atoms with Crippen molar-refractivity contribution in [2.75, 3.05) is 12.4 Å². The van der Waals surface area contributed by atoms with Crippen molar-refractivity contribution in [3.8, 4) is 11.3 Å². The second-order valence-electron chi connectivity index (χ2n) is 8.98. The number of ether oxygens (including phenoxy) is 1. The van der Waals surface area contributed by atoms with Crippen LogP contribution in [0.1, 0.15) is 43.7 Å². The monoisotopic (exact) mass is 558 g/mol. The summed E-state index contributed by atoms with van der Waals surface area (Å²) >= 11 is 1.11. The third-order valence-electron chi connectivity index (χ3n) is 5.85. The third kappa shape index (κ3) is 8.58. The number of aryl methyl sites for hydroxylation is 1. The van der Waals surface area contributed by atoms with Gasteiger partial charge in [0.05, 0.1) is 18.6 Å². The van der Waals surface area contributed by atoms with Crippen LogP contribution in [0.3, 0.4) is 0 Å². The number of alkyl halides is 6. The van der Waals surface area contributed by atoms with Gasteiger partial charge in [-0.2, -0.15) is 26.3 Å². The van der Waals surface area contributed by atoms with Gasteiger partial charge in [0.2, 0.25) is 0 Å². The van der Waals surface area contributed by atoms with Crippen molar-refractivity contribution in [1.82, 2.24) is 0 Å². The molecule has 0 amide bonds. The predicted octanol–water partition coefficient (Wildman–Crippen LogP) is 9.24. The zero-order chi connectivity index (χ0) is 27.9. The first-order chi connectivity index (χ1) is 17.9. The molecule has 1 heterocycles. The number of furan rings is 1. The van der Waals surface area contributed by atoms with Crippen molar-refractivity contribution in [2.45, 2.75) is 56.3 Å². The Morgan fingerprint density at radius 2 is 1.84 bits per heavy atom. The van der Waals surface area contributed by atoms with E-state index in [2.05, 4.69) is 6.58 Å². The molecule has 0 fully saturated rings. The molecule has 38 heavy (non-hydrogen) atoms. The molecule has 0 aliphatic carbocycles. The van der Waals surface area contributed by atoms with Crippen LogP contribution in [0.15, 0.2) is 64.4 Å². The van der Waals surface area contributed by atoms with E-state index in [-0.39, 0.29) is 17.1 Å². The highest BCUT2D eigenvalue weighted by Crippen LogP contribution is 2.40. The molecule has 206 valence electrons. The van der Waals surface area contributed by atoms with Gasteiger partial charge in [0, 0.05) is 33.6 Å². The molecule has 3 aromatic rings. The summed E-state index contributed by atoms with van der Waals surface area (Å²) in [5.74, 6) is -1.74. The number of benzene rings is 2. The molecule has 1 aromatic heterocycles. The molecule has 0 saturated carbocycles. The van der Waals surface area contributed by atoms with Gasteiger partial charge in [-0.3, -0.25) is 0 Å². The minimum Gasteiger partial charge on any atom is -0.462 e. The normalized spacial score (nSPS) is 13.0. The molecule has 0 bridgehead atoms. The van der Waals surface area contributed by atoms with E-state index in [1.165, 1.54) is 18.2 Å². The summed E-state index contributed by atoms with van der Waals surface area (Å²) in [6.07, 6.45) is -6.00. The summed E-state index contributed by atoms with van der Waals surface area (Å²) in [7, 11) is 0. The van der Waals surface area contributed by atoms with E-state index < -0.39 is 42.8 Å². The highest BCUT2D eigenvalue weighted by atomic mass is 32.2. The summed E-state index contributed by atoms with van der Waals surface area (Å²) < 4.78 is 91.1. The standard InChI is InChI=1S/C28H28F6O3S/c1-3-5-6-7-18-8-11-22(23(12-18)28(32,33)34)25-13-20-9-10-21(14-24(20)37-25)38-17-19(15-27(29,30)31)16-36-26(35)4-2/h4,8-14,19H,2-3,5-7,15-17H2,1H3. The molecule has 0 radical (unpaired) electrons. The first-order valence-corrected chi connectivity index (χ1v) is 13.1. The Hall–Kier alpha value is -2.88. The number of hydrogen-bond acceptors (Lipinski definition) is 4. The van der Waals surface area contributed by atoms with Gasteiger partial charge in [0.1, 0.15) is 11.3 Å². The van der Waals surface area contributed by atoms with Crippen LogP contribution in [0.25, 0.3) is 22.3 Å². The van der Waals surface area contributed by atoms with Crippen LogP contribution in [0, 0.1) is 5.92 Å². The SMILES string of the molecule is C=CC(=O)OCC(CSc1ccc2cc(-c3ccc(CCCCC)cc3C(F)(F)F)oc2c1)CC(F)(F)F. The van der Waals surface area contributed by atoms with Gasteiger partial charge >= 0.3 is 18.3 Å². The lowest BCUT2D eigenvalue weighted by atomic mass is 9.98. The number of halogens is 6. The van der Waals surface area contributed by atoms with Gasteiger partial charge in [-0.15, -0.1) is 11.8 Å². The molecular formula is C28H28F6O3S. The van der Waals surface area contributed by atoms with E-state index in [0.717, 1.165) is 37.1 Å². The largest absolute Gasteiger partial charge is 0.462 e. The Balaban J connectivity index is 1.81. The molecule has 2 aromatic carbocycles. The van der Waals surface area contributed by atoms with Gasteiger partial charge < -0.3 is 9.15 Å². The summed E-state index contributed by atoms with van der Waals surface area (Å²) in [6, 6.07) is 10.7. The van der Waals surface area contributed by atoms with Crippen LogP contribution in [0.2, 0.25) is 0 Å². The van der Waals surface area contributed by atoms with Crippen LogP contribution in [0.5, 0.6) is 0 Å². The molecule has 0 saturated heterocycles. The van der Waals surface area contributed by atoms with Crippen LogP contribution in [-0.4, -0.2) is 24.5 Å². The fraction of sp³-hybridized carbons (Fsp3) is 0.393. The first-order valence-electron chi connectivity index (χ1n) is 12.1. The average molecular weight is 559 g/mol. The minimum absolute atomic E-state index is 0.000715. The summed E-state index contributed by atoms with van der Waals surface area (Å²) in [4.78, 5) is 11.8. The molecule has 1 unspecified atom stereocenters. The molecule has 10 heteroatoms. The van der Waals surface area contributed by atoms with Gasteiger partial charge in [-0.25, -0.2) is 4.79 Å². The number of unbranched alkanes of at least 4 members (excludes halogenated alkanes) is 2. The fourth-order valence-corrected chi connectivity index (χ4v) is 4.97. The molecule has 0 spiro atoms. The number of thioether (sulfide) groups is 1. The van der Waals surface area contributed by atoms with Crippen LogP contribution < -0.4 is 0 Å². The summed E-state index contributed by atoms with van der Waals surface area (Å²) in [5.41, 5.74) is 0.0766. The summed E-state index contributed by atoms with van der Waals surface area (Å²) in [5, 5.41) is 0.566. The molecule has 3 rings (SSSR count). The Morgan fingerprint density at radius 1 is 1.08 bits per heavy atom. The minimum atomic E-state index is -4.57. The van der Waals surface area contributed by atoms with Crippen molar-refractivity contribution >= 4 is 28.7 Å². The van der Waals surface area contributed by atoms with Gasteiger partial charge in [0.15, 0.2) is 0 Å². The number of esters is 1. The van der Waals surface area contributed by atoms with E-state index in [1.807, 2.05) is 6.92 Å². The first kappa shape index (κ1) is 29.7. The topological polar surface area (TPSA) is 39.4 Å². The van der Waals surface area contributed by atoms with E-state index in [4.69, 9.17) is 9.15 Å². The van der Waals surface area contributed by atoms with E-state index >= 15 is 0 Å². The number of fused-ring (bicyclic) bond motifs is 1. The van der Waals surface area contributed by atoms with Crippen molar-refractivity contribution < 1.29 is 40.3 Å². The molecule has 3 nitrogen and oxygen atoms in total. The maximum Gasteiger partial charge on any atom is 0.417 e. The third-order valence-corrected chi connectivity index (χ3v) is 7.07. The molecule has 1 atom stereocenters. The lowest BCUT2D eigenvalue weighted by molar-refractivity contribution is -0.153. The predicted molar refractivity (Wildman–Crippen MR) is 136 cm³/mol. The molecule has 0 aliphatic rings. The van der Waals surface area contributed by atoms with Crippen molar-refractivity contribution in [2.24, 2.45) is 5.92 Å². The number of carbonyl (C=O) groups excluding carboxylic acids is 1. The number of hydrogen-bond donors (Lipinski definition) is 0. The zero-order valence-electron chi connectivity index (χ0n) is 20.8. The van der Waals surface area contributed by atoms with E-state index in [1.54, 1.807) is 24.3 Å². The number of carbonyl (C=O) groups is 1. The van der Waals surface area contributed by atoms with Crippen LogP contribution >= 0.6 is 11.8 Å². The summed E-state index contributed by atoms with van der Waals surface area (Å²) in [6.45, 7) is 4.83. The quantitative estimate of drug-likeness (QED) is 0.0730. The molecule has 0 aliphatic heterocycles. The average Bonchev–Trinajstić information content (AvgIpc) is 3.27. The van der Waals surface area contributed by atoms with Crippen molar-refractivity contribution in [1.29, 1.82) is 0 Å². The second-order valence-corrected chi connectivity index (χ2v) is 10.1. The van der Waals surface area contributed by atoms with E-state index in [0.29, 0.717) is 27.8 Å². The molecular weight excluding hydrogens is 530 g/mol. The Morgan fingerprint density at radius 3 is 2.50 bits per heavy atom. The Kier molecular flexibility index (Phi) is 9.98. The Bertz CT molecular complexity index is 1250. The van der Waals surface area contributed by atoms with Gasteiger partial charge in [-0.1, -0.05) is 38.5 Å². The van der Waals surface area contributed by atoms with Crippen molar-refractivity contribution in [3.63, 3.8) is 0 Å². The maximum absolute atomic E-state index is 13.9. The number of rotatable bonds is 12. The second kappa shape index (κ2) is 12.8. The lowest BCUT2D eigenvalue weighted by Crippen LogP contribution is -2.22. The van der Waals surface area contributed by atoms with Crippen LogP contribution in [-0.2, 0) is 22.1 Å². The fourth-order valence-electron chi connectivity index (χ4n) is 3.98. The Labute approximate surface area is 221 Å². The maximum atomic E-state index is 13.9. The van der Waals surface area contributed by atoms with E-state index in [9.17, 15) is 31.1 Å². The van der Waals surface area contributed by atoms with Crippen molar-refractivity contribution in [3.05, 3.63) is 66.2 Å². The molecule has 0 N–H and O–H groups in total. The van der Waals surface area contributed by atoms with Gasteiger partial charge in [-0.05, 0) is 48.7 Å². The highest BCUT2D eigenvalue weighted by molar-refractivity contribution is 7.99. The van der Waals surface area contributed by atoms with Crippen LogP contribution in [0.4, 0.5) is 26.3 Å². The highest BCUT2D eigenvalue weighted by Gasteiger charge is 2.35.